The lowest BCUT2D eigenvalue weighted by Gasteiger charge is -2.16. The Hall–Kier alpha value is -2.66. The fraction of sp³-hybridized carbons (Fsp3) is 0.300. The van der Waals surface area contributed by atoms with Crippen LogP contribution in [0.1, 0.15) is 28.4 Å². The number of carbonyl (C=O) groups is 2. The Morgan fingerprint density at radius 1 is 0.960 bits per heavy atom. The Kier molecular flexibility index (Phi) is 6.71. The maximum Gasteiger partial charge on any atom is 0.251 e. The van der Waals surface area contributed by atoms with Crippen molar-refractivity contribution in [3.63, 3.8) is 0 Å². The molecule has 0 bridgehead atoms. The minimum Gasteiger partial charge on any atom is -0.355 e. The van der Waals surface area contributed by atoms with Crippen molar-refractivity contribution < 1.29 is 9.59 Å². The molecule has 2 aromatic rings. The average molecular weight is 339 g/mol. The highest BCUT2D eigenvalue weighted by molar-refractivity contribution is 5.94. The van der Waals surface area contributed by atoms with Crippen LogP contribution in [-0.2, 0) is 17.8 Å². The van der Waals surface area contributed by atoms with Gasteiger partial charge in [0.1, 0.15) is 0 Å². The number of hydrogen-bond donors (Lipinski definition) is 2. The normalized spacial score (nSPS) is 10.6. The Labute approximate surface area is 149 Å². The van der Waals surface area contributed by atoms with Crippen molar-refractivity contribution in [2.75, 3.05) is 26.0 Å². The third-order valence-electron chi connectivity index (χ3n) is 3.96. The van der Waals surface area contributed by atoms with E-state index < -0.39 is 0 Å². The highest BCUT2D eigenvalue weighted by atomic mass is 16.2. The van der Waals surface area contributed by atoms with Crippen LogP contribution in [0.3, 0.4) is 0 Å². The number of nitrogens with zero attached hydrogens (tertiary/aromatic N) is 1. The minimum atomic E-state index is -0.103. The second-order valence-electron chi connectivity index (χ2n) is 6.05. The van der Waals surface area contributed by atoms with Crippen molar-refractivity contribution >= 4 is 17.5 Å². The summed E-state index contributed by atoms with van der Waals surface area (Å²) in [5, 5.41) is 5.50. The summed E-state index contributed by atoms with van der Waals surface area (Å²) < 4.78 is 0. The van der Waals surface area contributed by atoms with Gasteiger partial charge < -0.3 is 10.6 Å². The first kappa shape index (κ1) is 18.7. The highest BCUT2D eigenvalue weighted by Gasteiger charge is 2.09. The summed E-state index contributed by atoms with van der Waals surface area (Å²) in [6.45, 7) is 3.03. The number of rotatable bonds is 7. The SMILES string of the molecule is CCc1ccc(NC(=O)CN(C)Cc2ccc(C(=O)NC)cc2)cc1. The molecule has 0 aliphatic heterocycles. The third-order valence-corrected chi connectivity index (χ3v) is 3.96. The molecule has 2 rings (SSSR count). The predicted molar refractivity (Wildman–Crippen MR) is 101 cm³/mol. The third kappa shape index (κ3) is 5.72. The van der Waals surface area contributed by atoms with E-state index in [-0.39, 0.29) is 11.8 Å². The van der Waals surface area contributed by atoms with Crippen LogP contribution in [-0.4, -0.2) is 37.4 Å². The maximum atomic E-state index is 12.1. The molecule has 0 saturated heterocycles. The summed E-state index contributed by atoms with van der Waals surface area (Å²) in [4.78, 5) is 25.6. The zero-order valence-corrected chi connectivity index (χ0v) is 15.0. The summed E-state index contributed by atoms with van der Waals surface area (Å²) in [5.74, 6) is -0.151. The average Bonchev–Trinajstić information content (AvgIpc) is 2.62. The second-order valence-corrected chi connectivity index (χ2v) is 6.05. The van der Waals surface area contributed by atoms with Gasteiger partial charge in [0.15, 0.2) is 0 Å². The molecule has 0 aliphatic rings. The number of carbonyl (C=O) groups excluding carboxylic acids is 2. The number of hydrogen-bond acceptors (Lipinski definition) is 3. The van der Waals surface area contributed by atoms with E-state index in [1.165, 1.54) is 5.56 Å². The van der Waals surface area contributed by atoms with Gasteiger partial charge >= 0.3 is 0 Å². The fourth-order valence-electron chi connectivity index (χ4n) is 2.54. The first-order valence-electron chi connectivity index (χ1n) is 8.40. The Bertz CT molecular complexity index is 709. The monoisotopic (exact) mass is 339 g/mol. The van der Waals surface area contributed by atoms with Crippen LogP contribution in [0.15, 0.2) is 48.5 Å². The fourth-order valence-corrected chi connectivity index (χ4v) is 2.54. The van der Waals surface area contributed by atoms with Crippen molar-refractivity contribution in [3.05, 3.63) is 65.2 Å². The van der Waals surface area contributed by atoms with E-state index in [4.69, 9.17) is 0 Å². The molecule has 5 heteroatoms. The number of anilines is 1. The van der Waals surface area contributed by atoms with Crippen LogP contribution >= 0.6 is 0 Å². The summed E-state index contributed by atoms with van der Waals surface area (Å²) in [5.41, 5.74) is 3.73. The molecular formula is C20H25N3O2. The van der Waals surface area contributed by atoms with Gasteiger partial charge in [-0.15, -0.1) is 0 Å². The zero-order chi connectivity index (χ0) is 18.2. The largest absolute Gasteiger partial charge is 0.355 e. The van der Waals surface area contributed by atoms with Gasteiger partial charge in [-0.3, -0.25) is 14.5 Å². The van der Waals surface area contributed by atoms with Gasteiger partial charge in [0.2, 0.25) is 5.91 Å². The molecule has 5 nitrogen and oxygen atoms in total. The smallest absolute Gasteiger partial charge is 0.251 e. The molecule has 0 atom stereocenters. The molecule has 0 aromatic heterocycles. The second kappa shape index (κ2) is 8.99. The number of benzene rings is 2. The Balaban J connectivity index is 1.85. The number of aryl methyl sites for hydroxylation is 1. The van der Waals surface area contributed by atoms with Gasteiger partial charge in [-0.25, -0.2) is 0 Å². The van der Waals surface area contributed by atoms with Crippen LogP contribution in [0.25, 0.3) is 0 Å². The number of nitrogens with one attached hydrogen (secondary N) is 2. The molecule has 0 radical (unpaired) electrons. The van der Waals surface area contributed by atoms with Gasteiger partial charge in [0.25, 0.3) is 5.91 Å². The molecule has 0 fully saturated rings. The van der Waals surface area contributed by atoms with Crippen LogP contribution in [0.5, 0.6) is 0 Å². The standard InChI is InChI=1S/C20H25N3O2/c1-4-15-7-11-18(12-8-15)22-19(24)14-23(3)13-16-5-9-17(10-6-16)20(25)21-2/h5-12H,4,13-14H2,1-3H3,(H,21,25)(H,22,24). The Morgan fingerprint density at radius 2 is 1.56 bits per heavy atom. The topological polar surface area (TPSA) is 61.4 Å². The lowest BCUT2D eigenvalue weighted by atomic mass is 10.1. The van der Waals surface area contributed by atoms with Gasteiger partial charge in [-0.2, -0.15) is 0 Å². The molecule has 2 amide bonds. The van der Waals surface area contributed by atoms with Crippen molar-refractivity contribution in [2.45, 2.75) is 19.9 Å². The first-order valence-corrected chi connectivity index (χ1v) is 8.40. The van der Waals surface area contributed by atoms with Crippen molar-refractivity contribution in [3.8, 4) is 0 Å². The van der Waals surface area contributed by atoms with E-state index in [9.17, 15) is 9.59 Å². The Morgan fingerprint density at radius 3 is 2.12 bits per heavy atom. The lowest BCUT2D eigenvalue weighted by molar-refractivity contribution is -0.117. The maximum absolute atomic E-state index is 12.1. The van der Waals surface area contributed by atoms with Crippen molar-refractivity contribution in [1.82, 2.24) is 10.2 Å². The zero-order valence-electron chi connectivity index (χ0n) is 15.0. The molecule has 0 saturated carbocycles. The quantitative estimate of drug-likeness (QED) is 0.815. The molecular weight excluding hydrogens is 314 g/mol. The summed E-state index contributed by atoms with van der Waals surface area (Å²) >= 11 is 0. The molecule has 0 aliphatic carbocycles. The van der Waals surface area contributed by atoms with E-state index in [2.05, 4.69) is 17.6 Å². The van der Waals surface area contributed by atoms with Crippen molar-refractivity contribution in [2.24, 2.45) is 0 Å². The van der Waals surface area contributed by atoms with Gasteiger partial charge in [0, 0.05) is 24.8 Å². The minimum absolute atomic E-state index is 0.0475. The summed E-state index contributed by atoms with van der Waals surface area (Å²) in [6, 6.07) is 15.3. The van der Waals surface area contributed by atoms with Crippen LogP contribution in [0.2, 0.25) is 0 Å². The number of likely N-dealkylation sites (N-methyl/N-ethyl adjacent to an activating group) is 1. The van der Waals surface area contributed by atoms with Crippen LogP contribution in [0, 0.1) is 0 Å². The molecule has 25 heavy (non-hydrogen) atoms. The van der Waals surface area contributed by atoms with E-state index in [0.717, 1.165) is 17.7 Å². The summed E-state index contributed by atoms with van der Waals surface area (Å²) in [6.07, 6.45) is 0.982. The van der Waals surface area contributed by atoms with Crippen LogP contribution < -0.4 is 10.6 Å². The molecule has 0 unspecified atom stereocenters. The van der Waals surface area contributed by atoms with E-state index in [0.29, 0.717) is 18.7 Å². The van der Waals surface area contributed by atoms with Crippen molar-refractivity contribution in [1.29, 1.82) is 0 Å². The first-order chi connectivity index (χ1) is 12.0. The van der Waals surface area contributed by atoms with E-state index >= 15 is 0 Å². The molecule has 2 N–H and O–H groups in total. The predicted octanol–water partition coefficient (Wildman–Crippen LogP) is 2.68. The van der Waals surface area contributed by atoms with E-state index in [1.54, 1.807) is 19.2 Å². The lowest BCUT2D eigenvalue weighted by Crippen LogP contribution is -2.29. The van der Waals surface area contributed by atoms with Gasteiger partial charge in [-0.1, -0.05) is 31.2 Å². The number of amides is 2. The highest BCUT2D eigenvalue weighted by Crippen LogP contribution is 2.11. The van der Waals surface area contributed by atoms with E-state index in [1.807, 2.05) is 48.3 Å². The van der Waals surface area contributed by atoms with Gasteiger partial charge in [0.05, 0.1) is 6.54 Å². The summed E-state index contributed by atoms with van der Waals surface area (Å²) in [7, 11) is 3.50. The molecule has 0 heterocycles. The van der Waals surface area contributed by atoms with Gasteiger partial charge in [-0.05, 0) is 48.9 Å². The van der Waals surface area contributed by atoms with Crippen LogP contribution in [0.4, 0.5) is 5.69 Å². The molecule has 132 valence electrons. The molecule has 2 aromatic carbocycles. The molecule has 0 spiro atoms.